The van der Waals surface area contributed by atoms with Crippen molar-refractivity contribution < 1.29 is 43.4 Å². The van der Waals surface area contributed by atoms with Crippen LogP contribution in [0.4, 0.5) is 7.77 Å². The molecular weight excluding hydrogens is 520 g/mol. The van der Waals surface area contributed by atoms with Gasteiger partial charge in [-0.25, -0.2) is 0 Å². The first-order valence-electron chi connectivity index (χ1n) is 9.77. The maximum atomic E-state index is 12.3. The van der Waals surface area contributed by atoms with Gasteiger partial charge in [-0.1, -0.05) is 50.9 Å². The molecule has 0 spiro atoms. The number of phenols is 2. The van der Waals surface area contributed by atoms with Gasteiger partial charge in [0.05, 0.1) is 6.07 Å². The number of para-hydroxylation sites is 2. The number of phenolic OH excluding ortho intramolecular Hbond substituents is 2. The molecule has 0 aliphatic carbocycles. The molecule has 0 amide bonds. The number of nitriles is 1. The number of benzene rings is 2. The maximum absolute atomic E-state index is 12.3. The number of aromatic hydroxyl groups is 2. The van der Waals surface area contributed by atoms with Gasteiger partial charge in [0.2, 0.25) is 6.17 Å². The zero-order valence-electron chi connectivity index (χ0n) is 19.4. The average molecular weight is 548 g/mol. The summed E-state index contributed by atoms with van der Waals surface area (Å²) in [5.41, 5.74) is 6.40. The molecule has 11 nitrogen and oxygen atoms in total. The zero-order chi connectivity index (χ0) is 27.9. The summed E-state index contributed by atoms with van der Waals surface area (Å²) in [4.78, 5) is 0. The Kier molecular flexibility index (Phi) is 13.7. The van der Waals surface area contributed by atoms with Gasteiger partial charge in [-0.3, -0.25) is 0 Å². The molecule has 0 saturated heterocycles. The highest BCUT2D eigenvalue weighted by atomic mass is 32.3. The van der Waals surface area contributed by atoms with Crippen LogP contribution in [0, 0.1) is 24.0 Å². The fourth-order valence-electron chi connectivity index (χ4n) is 2.22. The number of nitrogens with two attached hydrogens (primary N) is 1. The molecule has 0 atom stereocenters. The van der Waals surface area contributed by atoms with E-state index in [1.54, 1.807) is 41.1 Å². The summed E-state index contributed by atoms with van der Waals surface area (Å²) in [6.07, 6.45) is 1.31. The van der Waals surface area contributed by atoms with Gasteiger partial charge >= 0.3 is 20.8 Å². The Bertz CT molecular complexity index is 1300. The van der Waals surface area contributed by atoms with Crippen molar-refractivity contribution in [2.45, 2.75) is 26.9 Å². The number of nitrogens with one attached hydrogen (secondary N) is 1. The van der Waals surface area contributed by atoms with E-state index in [9.17, 15) is 24.6 Å². The van der Waals surface area contributed by atoms with E-state index in [0.29, 0.717) is 16.1 Å². The van der Waals surface area contributed by atoms with E-state index >= 15 is 0 Å². The smallest absolute Gasteiger partial charge is 0.508 e. The Balaban J connectivity index is 0.000000490. The van der Waals surface area contributed by atoms with Crippen LogP contribution >= 0.6 is 0 Å². The van der Waals surface area contributed by atoms with Gasteiger partial charge in [-0.05, 0) is 19.1 Å². The third-order valence-electron chi connectivity index (χ3n) is 3.99. The van der Waals surface area contributed by atoms with Gasteiger partial charge in [0.1, 0.15) is 17.7 Å². The van der Waals surface area contributed by atoms with Crippen molar-refractivity contribution in [2.75, 3.05) is 0 Å². The molecule has 2 aromatic carbocycles. The molecule has 36 heavy (non-hydrogen) atoms. The van der Waals surface area contributed by atoms with Gasteiger partial charge in [-0.15, -0.1) is 12.4 Å². The molecule has 2 aromatic rings. The molecule has 0 bridgehead atoms. The third-order valence-corrected chi connectivity index (χ3v) is 5.33. The lowest BCUT2D eigenvalue weighted by atomic mass is 10.2. The van der Waals surface area contributed by atoms with Crippen LogP contribution in [-0.2, 0) is 33.9 Å². The van der Waals surface area contributed by atoms with Crippen molar-refractivity contribution in [3.05, 3.63) is 72.4 Å². The predicted molar refractivity (Wildman–Crippen MR) is 129 cm³/mol. The van der Waals surface area contributed by atoms with Gasteiger partial charge in [-0.2, -0.15) is 18.4 Å². The summed E-state index contributed by atoms with van der Waals surface area (Å²) < 4.78 is 68.4. The van der Waals surface area contributed by atoms with E-state index < -0.39 is 20.8 Å². The first-order chi connectivity index (χ1) is 16.7. The van der Waals surface area contributed by atoms with Crippen molar-refractivity contribution in [1.82, 2.24) is 4.72 Å². The summed E-state index contributed by atoms with van der Waals surface area (Å²) in [5.74, 6) is 0.207. The first-order valence-corrected chi connectivity index (χ1v) is 12.5. The molecule has 1 aliphatic heterocycles. The summed E-state index contributed by atoms with van der Waals surface area (Å²) >= 11 is 0. The summed E-state index contributed by atoms with van der Waals surface area (Å²) in [6, 6.07) is 14.9. The number of hydrogen-bond acceptors (Lipinski definition) is 8. The van der Waals surface area contributed by atoms with Crippen molar-refractivity contribution >= 4 is 33.8 Å². The minimum Gasteiger partial charge on any atom is -0.508 e. The number of hydrogen-bond donors (Lipinski definition) is 4. The average Bonchev–Trinajstić information content (AvgIpc) is 3.13. The Hall–Kier alpha value is -3.71. The molecule has 0 radical (unpaired) electrons. The second-order valence-corrected chi connectivity index (χ2v) is 8.88. The second kappa shape index (κ2) is 15.3. The van der Waals surface area contributed by atoms with E-state index in [1.165, 1.54) is 37.1 Å². The molecule has 0 aromatic heterocycles. The van der Waals surface area contributed by atoms with Gasteiger partial charge in [0.25, 0.3) is 0 Å². The number of rotatable bonds is 5. The van der Waals surface area contributed by atoms with Crippen molar-refractivity contribution in [1.29, 1.82) is 5.26 Å². The monoisotopic (exact) mass is 547 g/mol. The van der Waals surface area contributed by atoms with Crippen LogP contribution < -0.4 is 10.5 Å². The minimum absolute atomic E-state index is 0.0707. The molecule has 0 fully saturated rings. The lowest BCUT2D eigenvalue weighted by Crippen LogP contribution is -2.20. The highest BCUT2D eigenvalue weighted by Crippen LogP contribution is 2.16. The Morgan fingerprint density at radius 3 is 1.81 bits per heavy atom. The Labute approximate surface area is 209 Å². The standard InChI is InChI=1S/C7H8FNO3S.C7H9NO.C5H7FN2O2S.C2H3N/c8-13(11,12)9-5-6-3-1-2-4-7(6)10;8-5-6-3-1-2-4-7(6)9;1-5-7(2)3-4-8(5)11(6,9)10;1-2-3/h1-4,9-10H,5H2;1-4,9H,5,8H2;3-4H,2H2,1H3;1H3. The fraction of sp³-hybridized carbons (Fsp3) is 0.190. The molecule has 5 N–H and O–H groups in total. The zero-order valence-corrected chi connectivity index (χ0v) is 21.0. The fourth-order valence-corrected chi connectivity index (χ4v) is 3.17. The quantitative estimate of drug-likeness (QED) is 0.249. The van der Waals surface area contributed by atoms with Gasteiger partial charge < -0.3 is 20.5 Å². The Morgan fingerprint density at radius 1 is 1.08 bits per heavy atom. The van der Waals surface area contributed by atoms with E-state index in [2.05, 4.69) is 6.72 Å². The van der Waals surface area contributed by atoms with Crippen molar-refractivity contribution in [3.8, 4) is 17.6 Å². The molecule has 0 unspecified atom stereocenters. The van der Waals surface area contributed by atoms with Crippen LogP contribution in [0.1, 0.15) is 25.0 Å². The second-order valence-electron chi connectivity index (χ2n) is 6.50. The maximum Gasteiger partial charge on any atom is 0.536 e. The van der Waals surface area contributed by atoms with Crippen molar-refractivity contribution in [2.24, 2.45) is 5.73 Å². The molecule has 0 saturated carbocycles. The summed E-state index contributed by atoms with van der Waals surface area (Å²) in [5, 5.41) is 25.5. The lowest BCUT2D eigenvalue weighted by molar-refractivity contribution is -0.585. The highest BCUT2D eigenvalue weighted by molar-refractivity contribution is 7.84. The predicted octanol–water partition coefficient (Wildman–Crippen LogP) is 1.76. The normalized spacial score (nSPS) is 12.3. The molecule has 3 rings (SSSR count). The molecule has 1 aliphatic rings. The van der Waals surface area contributed by atoms with E-state index in [1.807, 2.05) is 6.07 Å². The lowest BCUT2D eigenvalue weighted by Gasteiger charge is -2.08. The van der Waals surface area contributed by atoms with Crippen LogP contribution in [0.25, 0.3) is 0 Å². The summed E-state index contributed by atoms with van der Waals surface area (Å²) in [7, 11) is -9.36. The SMILES string of the molecule is C=[N+]1[CH-]C=[N+](S(=O)(=O)F)[C-]1C.CC#N.NCc1ccccc1O.O=S(=O)(F)NCc1ccccc1O. The van der Waals surface area contributed by atoms with E-state index in [4.69, 9.17) is 21.2 Å². The molecule has 15 heteroatoms. The number of halogens is 2. The molecular formula is C21H27F2N5O6S2. The summed E-state index contributed by atoms with van der Waals surface area (Å²) in [6.45, 7) is 7.79. The topological polar surface area (TPSA) is 177 Å². The largest absolute Gasteiger partial charge is 0.536 e. The van der Waals surface area contributed by atoms with Crippen LogP contribution in [0.5, 0.6) is 11.5 Å². The molecule has 1 heterocycles. The van der Waals surface area contributed by atoms with Gasteiger partial charge in [0.15, 0.2) is 0 Å². The van der Waals surface area contributed by atoms with Crippen LogP contribution in [-0.4, -0.2) is 48.5 Å². The van der Waals surface area contributed by atoms with Crippen LogP contribution in [0.15, 0.2) is 48.5 Å². The molecule has 198 valence electrons. The van der Waals surface area contributed by atoms with Crippen molar-refractivity contribution in [3.63, 3.8) is 0 Å². The Morgan fingerprint density at radius 2 is 1.53 bits per heavy atom. The van der Waals surface area contributed by atoms with E-state index in [-0.39, 0.29) is 24.2 Å². The highest BCUT2D eigenvalue weighted by Gasteiger charge is 2.31. The minimum atomic E-state index is -4.70. The first kappa shape index (κ1) is 32.3. The van der Waals surface area contributed by atoms with Crippen LogP contribution in [0.3, 0.4) is 0 Å². The van der Waals surface area contributed by atoms with Gasteiger partial charge in [0, 0.05) is 37.7 Å². The third kappa shape index (κ3) is 12.7. The van der Waals surface area contributed by atoms with E-state index in [0.717, 1.165) is 11.8 Å². The van der Waals surface area contributed by atoms with Crippen LogP contribution in [0.2, 0.25) is 0 Å². The number of nitrogens with zero attached hydrogens (tertiary/aromatic N) is 3.